The van der Waals surface area contributed by atoms with Crippen LogP contribution in [-0.4, -0.2) is 5.71 Å². The van der Waals surface area contributed by atoms with Gasteiger partial charge in [0, 0.05) is 5.71 Å². The summed E-state index contributed by atoms with van der Waals surface area (Å²) in [4.78, 5) is 0. The predicted octanol–water partition coefficient (Wildman–Crippen LogP) is 4.26. The third-order valence-corrected chi connectivity index (χ3v) is 2.34. The van der Waals surface area contributed by atoms with E-state index in [-0.39, 0.29) is 0 Å². The van der Waals surface area contributed by atoms with Crippen molar-refractivity contribution in [1.82, 2.24) is 0 Å². The monoisotopic (exact) mass is 229 g/mol. The standard InChI is InChI=1S/C12H14F3N/c1-2-3-4-11(16)9-5-7-10(8-6-9)12(13,14)15/h5-8,16H,2-4H2,1H3. The molecular formula is C12H14F3N. The highest BCUT2D eigenvalue weighted by Crippen LogP contribution is 2.29. The zero-order valence-corrected chi connectivity index (χ0v) is 9.06. The molecule has 16 heavy (non-hydrogen) atoms. The molecule has 0 aliphatic carbocycles. The summed E-state index contributed by atoms with van der Waals surface area (Å²) in [5, 5.41) is 7.68. The van der Waals surface area contributed by atoms with Crippen LogP contribution in [0, 0.1) is 5.41 Å². The highest BCUT2D eigenvalue weighted by Gasteiger charge is 2.29. The molecule has 0 aliphatic rings. The molecule has 1 N–H and O–H groups in total. The Morgan fingerprint density at radius 1 is 1.19 bits per heavy atom. The Bertz CT molecular complexity index is 352. The van der Waals surface area contributed by atoms with Gasteiger partial charge in [-0.25, -0.2) is 0 Å². The molecule has 88 valence electrons. The normalized spacial score (nSPS) is 11.5. The van der Waals surface area contributed by atoms with E-state index in [1.807, 2.05) is 6.92 Å². The van der Waals surface area contributed by atoms with Crippen LogP contribution < -0.4 is 0 Å². The van der Waals surface area contributed by atoms with Crippen LogP contribution >= 0.6 is 0 Å². The zero-order chi connectivity index (χ0) is 12.2. The van der Waals surface area contributed by atoms with E-state index in [2.05, 4.69) is 0 Å². The molecule has 4 heteroatoms. The molecule has 1 aromatic rings. The summed E-state index contributed by atoms with van der Waals surface area (Å²) in [5.74, 6) is 0. The maximum atomic E-state index is 12.3. The Hall–Kier alpha value is -1.32. The second-order valence-corrected chi connectivity index (χ2v) is 3.66. The summed E-state index contributed by atoms with van der Waals surface area (Å²) in [6.07, 6.45) is -1.82. The maximum Gasteiger partial charge on any atom is 0.416 e. The lowest BCUT2D eigenvalue weighted by Crippen LogP contribution is -2.06. The predicted molar refractivity (Wildman–Crippen MR) is 57.8 cm³/mol. The Labute approximate surface area is 92.8 Å². The summed E-state index contributed by atoms with van der Waals surface area (Å²) in [6.45, 7) is 2.01. The van der Waals surface area contributed by atoms with Gasteiger partial charge in [-0.3, -0.25) is 0 Å². The number of unbranched alkanes of at least 4 members (excludes halogenated alkanes) is 1. The topological polar surface area (TPSA) is 23.9 Å². The van der Waals surface area contributed by atoms with E-state index in [9.17, 15) is 13.2 Å². The molecule has 0 spiro atoms. The van der Waals surface area contributed by atoms with Gasteiger partial charge in [-0.15, -0.1) is 0 Å². The van der Waals surface area contributed by atoms with Crippen molar-refractivity contribution in [2.75, 3.05) is 0 Å². The summed E-state index contributed by atoms with van der Waals surface area (Å²) in [6, 6.07) is 4.77. The molecule has 0 saturated carbocycles. The molecule has 0 atom stereocenters. The first-order valence-corrected chi connectivity index (χ1v) is 5.20. The van der Waals surface area contributed by atoms with Gasteiger partial charge in [-0.1, -0.05) is 25.5 Å². The lowest BCUT2D eigenvalue weighted by molar-refractivity contribution is -0.137. The number of hydrogen-bond donors (Lipinski definition) is 1. The van der Waals surface area contributed by atoms with E-state index < -0.39 is 11.7 Å². The first kappa shape index (κ1) is 12.7. The fraction of sp³-hybridized carbons (Fsp3) is 0.417. The van der Waals surface area contributed by atoms with Gasteiger partial charge < -0.3 is 5.41 Å². The van der Waals surface area contributed by atoms with Crippen LogP contribution in [0.25, 0.3) is 0 Å². The molecule has 1 rings (SSSR count). The number of alkyl halides is 3. The molecule has 0 aliphatic heterocycles. The Morgan fingerprint density at radius 2 is 1.75 bits per heavy atom. The van der Waals surface area contributed by atoms with Crippen LogP contribution in [-0.2, 0) is 6.18 Å². The second kappa shape index (κ2) is 5.14. The Kier molecular flexibility index (Phi) is 4.10. The summed E-state index contributed by atoms with van der Waals surface area (Å²) >= 11 is 0. The van der Waals surface area contributed by atoms with Crippen LogP contribution in [0.3, 0.4) is 0 Å². The number of halogens is 3. The van der Waals surface area contributed by atoms with Crippen molar-refractivity contribution in [3.8, 4) is 0 Å². The van der Waals surface area contributed by atoms with E-state index in [1.165, 1.54) is 12.1 Å². The van der Waals surface area contributed by atoms with Crippen molar-refractivity contribution in [2.45, 2.75) is 32.4 Å². The van der Waals surface area contributed by atoms with E-state index >= 15 is 0 Å². The summed E-state index contributed by atoms with van der Waals surface area (Å²) < 4.78 is 36.8. The minimum absolute atomic E-state index is 0.399. The molecule has 0 saturated heterocycles. The molecular weight excluding hydrogens is 215 g/mol. The molecule has 0 heterocycles. The molecule has 1 nitrogen and oxygen atoms in total. The Balaban J connectivity index is 2.75. The van der Waals surface area contributed by atoms with Gasteiger partial charge in [0.05, 0.1) is 5.56 Å². The fourth-order valence-corrected chi connectivity index (χ4v) is 1.36. The van der Waals surface area contributed by atoms with Gasteiger partial charge >= 0.3 is 6.18 Å². The molecule has 0 radical (unpaired) electrons. The van der Waals surface area contributed by atoms with Crippen LogP contribution in [0.15, 0.2) is 24.3 Å². The first-order valence-electron chi connectivity index (χ1n) is 5.20. The first-order chi connectivity index (χ1) is 7.45. The van der Waals surface area contributed by atoms with Gasteiger partial charge in [0.1, 0.15) is 0 Å². The highest BCUT2D eigenvalue weighted by atomic mass is 19.4. The van der Waals surface area contributed by atoms with Gasteiger partial charge in [-0.2, -0.15) is 13.2 Å². The number of benzene rings is 1. The summed E-state index contributed by atoms with van der Waals surface area (Å²) in [5.41, 5.74) is 0.302. The summed E-state index contributed by atoms with van der Waals surface area (Å²) in [7, 11) is 0. The van der Waals surface area contributed by atoms with E-state index in [0.717, 1.165) is 25.0 Å². The molecule has 0 unspecified atom stereocenters. The number of nitrogens with one attached hydrogen (secondary N) is 1. The number of rotatable bonds is 4. The van der Waals surface area contributed by atoms with E-state index in [4.69, 9.17) is 5.41 Å². The fourth-order valence-electron chi connectivity index (χ4n) is 1.36. The van der Waals surface area contributed by atoms with E-state index in [0.29, 0.717) is 17.7 Å². The van der Waals surface area contributed by atoms with E-state index in [1.54, 1.807) is 0 Å². The van der Waals surface area contributed by atoms with Crippen LogP contribution in [0.2, 0.25) is 0 Å². The molecule has 0 aromatic heterocycles. The minimum atomic E-state index is -4.30. The average Bonchev–Trinajstić information content (AvgIpc) is 2.25. The van der Waals surface area contributed by atoms with Crippen LogP contribution in [0.1, 0.15) is 37.3 Å². The minimum Gasteiger partial charge on any atom is -0.305 e. The van der Waals surface area contributed by atoms with Crippen LogP contribution in [0.4, 0.5) is 13.2 Å². The van der Waals surface area contributed by atoms with Crippen molar-refractivity contribution in [3.63, 3.8) is 0 Å². The van der Waals surface area contributed by atoms with Crippen LogP contribution in [0.5, 0.6) is 0 Å². The third-order valence-electron chi connectivity index (χ3n) is 2.34. The molecule has 0 bridgehead atoms. The highest BCUT2D eigenvalue weighted by molar-refractivity contribution is 5.98. The van der Waals surface area contributed by atoms with Crippen molar-refractivity contribution < 1.29 is 13.2 Å². The third kappa shape index (κ3) is 3.36. The van der Waals surface area contributed by atoms with Crippen molar-refractivity contribution in [2.24, 2.45) is 0 Å². The quantitative estimate of drug-likeness (QED) is 0.746. The smallest absolute Gasteiger partial charge is 0.305 e. The molecule has 0 amide bonds. The van der Waals surface area contributed by atoms with Gasteiger partial charge in [-0.05, 0) is 30.5 Å². The lowest BCUT2D eigenvalue weighted by atomic mass is 10.0. The SMILES string of the molecule is CCCCC(=N)c1ccc(C(F)(F)F)cc1. The number of hydrogen-bond acceptors (Lipinski definition) is 1. The Morgan fingerprint density at radius 3 is 2.19 bits per heavy atom. The largest absolute Gasteiger partial charge is 0.416 e. The zero-order valence-electron chi connectivity index (χ0n) is 9.06. The van der Waals surface area contributed by atoms with Crippen molar-refractivity contribution in [1.29, 1.82) is 5.41 Å². The maximum absolute atomic E-state index is 12.3. The van der Waals surface area contributed by atoms with Gasteiger partial charge in [0.25, 0.3) is 0 Å². The van der Waals surface area contributed by atoms with Gasteiger partial charge in [0.2, 0.25) is 0 Å². The van der Waals surface area contributed by atoms with Crippen molar-refractivity contribution >= 4 is 5.71 Å². The average molecular weight is 229 g/mol. The molecule has 0 fully saturated rings. The molecule has 1 aromatic carbocycles. The van der Waals surface area contributed by atoms with Gasteiger partial charge in [0.15, 0.2) is 0 Å². The second-order valence-electron chi connectivity index (χ2n) is 3.66. The van der Waals surface area contributed by atoms with Crippen molar-refractivity contribution in [3.05, 3.63) is 35.4 Å². The lowest BCUT2D eigenvalue weighted by Gasteiger charge is -2.08.